The highest BCUT2D eigenvalue weighted by molar-refractivity contribution is 5.78. The van der Waals surface area contributed by atoms with Crippen molar-refractivity contribution >= 4 is 16.9 Å². The van der Waals surface area contributed by atoms with Crippen LogP contribution in [0.4, 0.5) is 11.4 Å². The molecule has 0 amide bonds. The molecule has 0 unspecified atom stereocenters. The van der Waals surface area contributed by atoms with Crippen LogP contribution in [0.5, 0.6) is 0 Å². The van der Waals surface area contributed by atoms with Crippen LogP contribution in [0.3, 0.4) is 0 Å². The molecule has 1 N–H and O–H groups in total. The van der Waals surface area contributed by atoms with Crippen LogP contribution in [0.25, 0.3) is 28.0 Å². The third kappa shape index (κ3) is 5.02. The number of allylic oxidation sites excluding steroid dienone is 6. The summed E-state index contributed by atoms with van der Waals surface area (Å²) in [5, 5.41) is 3.46. The molecule has 2 nitrogen and oxygen atoms in total. The number of hydrogen-bond donors (Lipinski definition) is 1. The lowest BCUT2D eigenvalue weighted by Crippen LogP contribution is -1.95. The van der Waals surface area contributed by atoms with E-state index >= 15 is 0 Å². The van der Waals surface area contributed by atoms with Crippen LogP contribution < -0.4 is 5.32 Å². The van der Waals surface area contributed by atoms with Gasteiger partial charge in [0.05, 0.1) is 11.4 Å². The van der Waals surface area contributed by atoms with E-state index in [1.54, 1.807) is 0 Å². The van der Waals surface area contributed by atoms with Gasteiger partial charge in [0.15, 0.2) is 0 Å². The van der Waals surface area contributed by atoms with Gasteiger partial charge in [-0.3, -0.25) is 0 Å². The molecule has 1 aromatic heterocycles. The van der Waals surface area contributed by atoms with Crippen molar-refractivity contribution in [2.75, 3.05) is 5.32 Å². The van der Waals surface area contributed by atoms with Gasteiger partial charge in [-0.15, -0.1) is 0 Å². The molecule has 0 radical (unpaired) electrons. The number of nitrogens with one attached hydrogen (secondary N) is 1. The lowest BCUT2D eigenvalue weighted by Gasteiger charge is -2.13. The van der Waals surface area contributed by atoms with Gasteiger partial charge in [-0.05, 0) is 66.4 Å². The van der Waals surface area contributed by atoms with Crippen LogP contribution in [0.15, 0.2) is 127 Å². The highest BCUT2D eigenvalue weighted by Crippen LogP contribution is 2.32. The smallest absolute Gasteiger partial charge is 0.0715 e. The zero-order chi connectivity index (χ0) is 22.5. The largest absolute Gasteiger partial charge is 0.356 e. The molecule has 33 heavy (non-hydrogen) atoms. The molecule has 0 fully saturated rings. The van der Waals surface area contributed by atoms with E-state index in [0.29, 0.717) is 0 Å². The Hall–Kier alpha value is -4.17. The summed E-state index contributed by atoms with van der Waals surface area (Å²) >= 11 is 0. The average molecular weight is 427 g/mol. The van der Waals surface area contributed by atoms with Crippen molar-refractivity contribution in [2.24, 2.45) is 0 Å². The number of nitrogens with zero attached hydrogens (tertiary/aromatic N) is 1. The Labute approximate surface area is 195 Å². The normalized spacial score (nSPS) is 13.1. The summed E-state index contributed by atoms with van der Waals surface area (Å²) in [5.74, 6) is 0. The molecule has 2 heteroatoms. The zero-order valence-electron chi connectivity index (χ0n) is 18.7. The van der Waals surface area contributed by atoms with Gasteiger partial charge in [0.1, 0.15) is 0 Å². The summed E-state index contributed by atoms with van der Waals surface area (Å²) in [4.78, 5) is 5.06. The third-order valence-corrected chi connectivity index (χ3v) is 5.76. The number of rotatable bonds is 5. The van der Waals surface area contributed by atoms with Gasteiger partial charge in [0.25, 0.3) is 0 Å². The second-order valence-electron chi connectivity index (χ2n) is 8.33. The molecule has 0 atom stereocenters. The van der Waals surface area contributed by atoms with E-state index in [-0.39, 0.29) is 0 Å². The van der Waals surface area contributed by atoms with Crippen LogP contribution in [-0.4, -0.2) is 4.98 Å². The van der Waals surface area contributed by atoms with Gasteiger partial charge in [-0.2, -0.15) is 0 Å². The van der Waals surface area contributed by atoms with Gasteiger partial charge < -0.3 is 5.32 Å². The molecule has 3 aromatic carbocycles. The second kappa shape index (κ2) is 9.54. The average Bonchev–Trinajstić information content (AvgIpc) is 3.10. The predicted octanol–water partition coefficient (Wildman–Crippen LogP) is 8.45. The summed E-state index contributed by atoms with van der Waals surface area (Å²) in [5.41, 5.74) is 10.2. The maximum atomic E-state index is 5.06. The van der Waals surface area contributed by atoms with E-state index in [1.807, 2.05) is 24.3 Å². The summed E-state index contributed by atoms with van der Waals surface area (Å²) in [6, 6.07) is 33.7. The van der Waals surface area contributed by atoms with Crippen molar-refractivity contribution in [3.05, 3.63) is 133 Å². The molecular weight excluding hydrogens is 400 g/mol. The highest BCUT2D eigenvalue weighted by atomic mass is 14.9. The number of para-hydroxylation sites is 1. The Morgan fingerprint density at radius 1 is 0.606 bits per heavy atom. The van der Waals surface area contributed by atoms with E-state index in [4.69, 9.17) is 4.98 Å². The second-order valence-corrected chi connectivity index (χ2v) is 8.33. The Balaban J connectivity index is 1.53. The Kier molecular flexibility index (Phi) is 5.99. The minimum absolute atomic E-state index is 0.900. The summed E-state index contributed by atoms with van der Waals surface area (Å²) in [6.07, 6.45) is 9.46. The molecule has 0 bridgehead atoms. The molecule has 160 valence electrons. The molecule has 0 saturated carbocycles. The number of pyridine rings is 1. The van der Waals surface area contributed by atoms with Crippen LogP contribution >= 0.6 is 0 Å². The van der Waals surface area contributed by atoms with Crippen LogP contribution in [-0.2, 0) is 0 Å². The van der Waals surface area contributed by atoms with Gasteiger partial charge in [-0.1, -0.05) is 90.5 Å². The first-order valence-corrected chi connectivity index (χ1v) is 11.3. The fourth-order valence-electron chi connectivity index (χ4n) is 4.04. The fourth-order valence-corrected chi connectivity index (χ4v) is 4.04. The molecule has 1 aliphatic rings. The molecule has 0 spiro atoms. The summed E-state index contributed by atoms with van der Waals surface area (Å²) in [6.45, 7) is 2.17. The number of anilines is 2. The Morgan fingerprint density at radius 2 is 1.24 bits per heavy atom. The standard InChI is InChI=1S/C31H26N2/c1-23-10-8-9-13-26(20-23)31-22-27(21-30(33-31)25-11-4-2-5-12-25)24-16-18-29(19-17-24)32-28-14-6-3-7-15-28/h2-19,21-22,32H,20H2,1H3. The maximum absolute atomic E-state index is 5.06. The van der Waals surface area contributed by atoms with Gasteiger partial charge in [0, 0.05) is 16.9 Å². The van der Waals surface area contributed by atoms with Crippen LogP contribution in [0.2, 0.25) is 0 Å². The minimum Gasteiger partial charge on any atom is -0.356 e. The van der Waals surface area contributed by atoms with Crippen molar-refractivity contribution < 1.29 is 0 Å². The zero-order valence-corrected chi connectivity index (χ0v) is 18.7. The van der Waals surface area contributed by atoms with Crippen molar-refractivity contribution in [3.8, 4) is 22.4 Å². The molecule has 0 aliphatic heterocycles. The predicted molar refractivity (Wildman–Crippen MR) is 140 cm³/mol. The first kappa shape index (κ1) is 20.7. The van der Waals surface area contributed by atoms with E-state index in [2.05, 4.69) is 109 Å². The van der Waals surface area contributed by atoms with E-state index in [0.717, 1.165) is 34.7 Å². The molecule has 4 aromatic rings. The van der Waals surface area contributed by atoms with Crippen molar-refractivity contribution in [2.45, 2.75) is 13.3 Å². The van der Waals surface area contributed by atoms with Gasteiger partial charge in [-0.25, -0.2) is 4.98 Å². The topological polar surface area (TPSA) is 24.9 Å². The van der Waals surface area contributed by atoms with E-state index < -0.39 is 0 Å². The number of benzene rings is 3. The maximum Gasteiger partial charge on any atom is 0.0715 e. The molecule has 1 heterocycles. The first-order valence-electron chi connectivity index (χ1n) is 11.3. The summed E-state index contributed by atoms with van der Waals surface area (Å²) < 4.78 is 0. The lowest BCUT2D eigenvalue weighted by atomic mass is 9.97. The Bertz CT molecular complexity index is 1330. The third-order valence-electron chi connectivity index (χ3n) is 5.76. The fraction of sp³-hybridized carbons (Fsp3) is 0.0645. The highest BCUT2D eigenvalue weighted by Gasteiger charge is 2.12. The van der Waals surface area contributed by atoms with Crippen molar-refractivity contribution in [1.29, 1.82) is 0 Å². The molecular formula is C31H26N2. The Morgan fingerprint density at radius 3 is 2.00 bits per heavy atom. The van der Waals surface area contributed by atoms with Crippen LogP contribution in [0.1, 0.15) is 19.0 Å². The number of aromatic nitrogens is 1. The minimum atomic E-state index is 0.900. The van der Waals surface area contributed by atoms with Crippen LogP contribution in [0, 0.1) is 0 Å². The number of hydrogen-bond acceptors (Lipinski definition) is 2. The summed E-state index contributed by atoms with van der Waals surface area (Å²) in [7, 11) is 0. The monoisotopic (exact) mass is 426 g/mol. The SMILES string of the molecule is CC1=CC=CC=C(c2cc(-c3ccc(Nc4ccccc4)cc3)cc(-c3ccccc3)n2)C1. The molecule has 1 aliphatic carbocycles. The van der Waals surface area contributed by atoms with E-state index in [1.165, 1.54) is 22.3 Å². The first-order chi connectivity index (χ1) is 16.2. The van der Waals surface area contributed by atoms with Crippen molar-refractivity contribution in [1.82, 2.24) is 4.98 Å². The van der Waals surface area contributed by atoms with Gasteiger partial charge in [0.2, 0.25) is 0 Å². The molecule has 5 rings (SSSR count). The van der Waals surface area contributed by atoms with Crippen molar-refractivity contribution in [3.63, 3.8) is 0 Å². The quantitative estimate of drug-likeness (QED) is 0.346. The van der Waals surface area contributed by atoms with E-state index in [9.17, 15) is 0 Å². The lowest BCUT2D eigenvalue weighted by molar-refractivity contribution is 1.18. The van der Waals surface area contributed by atoms with Gasteiger partial charge >= 0.3 is 0 Å². The molecule has 0 saturated heterocycles.